The first-order valence-electron chi connectivity index (χ1n) is 4.18. The van der Waals surface area contributed by atoms with E-state index in [1.54, 1.807) is 16.8 Å². The molecular formula is C9H5F3N2S2. The molecule has 0 aliphatic carbocycles. The van der Waals surface area contributed by atoms with Gasteiger partial charge in [0.15, 0.2) is 4.77 Å². The van der Waals surface area contributed by atoms with E-state index in [4.69, 9.17) is 0 Å². The minimum absolute atomic E-state index is 0.170. The van der Waals surface area contributed by atoms with Gasteiger partial charge in [-0.1, -0.05) is 0 Å². The average molecular weight is 262 g/mol. The number of alkyl halides is 3. The first kappa shape index (κ1) is 11.3. The number of halogens is 3. The molecule has 2 rings (SSSR count). The first-order chi connectivity index (χ1) is 7.47. The van der Waals surface area contributed by atoms with Gasteiger partial charge in [-0.15, -0.1) is 0 Å². The Hall–Kier alpha value is -1.21. The first-order valence-corrected chi connectivity index (χ1v) is 5.53. The number of aromatic nitrogens is 2. The van der Waals surface area contributed by atoms with Crippen molar-refractivity contribution in [2.75, 3.05) is 0 Å². The summed E-state index contributed by atoms with van der Waals surface area (Å²) in [5.74, 6) is 0. The fraction of sp³-hybridized carbons (Fsp3) is 0.111. The molecule has 2 aromatic heterocycles. The van der Waals surface area contributed by atoms with Crippen LogP contribution in [0.5, 0.6) is 0 Å². The standard InChI is InChI=1S/C9H5F3N2S2/c10-9(11,12)7-3-6(13-8(15)14-7)5-1-2-16-4-5/h1-4H,(H,13,14,15). The number of aromatic amines is 1. The van der Waals surface area contributed by atoms with Crippen molar-refractivity contribution in [2.45, 2.75) is 6.18 Å². The number of hydrogen-bond acceptors (Lipinski definition) is 3. The Morgan fingerprint density at radius 1 is 1.38 bits per heavy atom. The van der Waals surface area contributed by atoms with Crippen molar-refractivity contribution in [3.8, 4) is 11.3 Å². The van der Waals surface area contributed by atoms with Crippen LogP contribution in [0.1, 0.15) is 5.69 Å². The highest BCUT2D eigenvalue weighted by Gasteiger charge is 2.32. The molecule has 0 aliphatic rings. The van der Waals surface area contributed by atoms with E-state index in [-0.39, 0.29) is 10.5 Å². The maximum Gasteiger partial charge on any atom is 0.431 e. The molecule has 84 valence electrons. The predicted molar refractivity (Wildman–Crippen MR) is 57.7 cm³/mol. The molecule has 16 heavy (non-hydrogen) atoms. The molecule has 2 heterocycles. The molecule has 0 saturated carbocycles. The fourth-order valence-corrected chi connectivity index (χ4v) is 2.03. The zero-order valence-corrected chi connectivity index (χ0v) is 9.34. The zero-order chi connectivity index (χ0) is 11.8. The molecule has 0 aromatic carbocycles. The molecule has 7 heteroatoms. The lowest BCUT2D eigenvalue weighted by Gasteiger charge is -2.07. The molecule has 0 atom stereocenters. The fourth-order valence-electron chi connectivity index (χ4n) is 1.17. The number of H-pyrrole nitrogens is 1. The van der Waals surface area contributed by atoms with Gasteiger partial charge in [-0.05, 0) is 29.7 Å². The molecule has 1 N–H and O–H groups in total. The molecule has 0 amide bonds. The van der Waals surface area contributed by atoms with Gasteiger partial charge in [-0.3, -0.25) is 0 Å². The van der Waals surface area contributed by atoms with Gasteiger partial charge in [0.1, 0.15) is 5.69 Å². The number of hydrogen-bond donors (Lipinski definition) is 1. The summed E-state index contributed by atoms with van der Waals surface area (Å²) in [7, 11) is 0. The second-order valence-electron chi connectivity index (χ2n) is 2.99. The lowest BCUT2D eigenvalue weighted by molar-refractivity contribution is -0.141. The molecule has 0 bridgehead atoms. The highest BCUT2D eigenvalue weighted by Crippen LogP contribution is 2.30. The zero-order valence-electron chi connectivity index (χ0n) is 7.71. The quantitative estimate of drug-likeness (QED) is 0.790. The number of rotatable bonds is 1. The lowest BCUT2D eigenvalue weighted by atomic mass is 10.2. The third-order valence-corrected chi connectivity index (χ3v) is 2.74. The number of nitrogens with zero attached hydrogens (tertiary/aromatic N) is 1. The normalized spacial score (nSPS) is 11.7. The smallest absolute Gasteiger partial charge is 0.327 e. The van der Waals surface area contributed by atoms with Crippen molar-refractivity contribution in [3.63, 3.8) is 0 Å². The average Bonchev–Trinajstić information content (AvgIpc) is 2.68. The van der Waals surface area contributed by atoms with E-state index in [1.165, 1.54) is 11.3 Å². The van der Waals surface area contributed by atoms with Crippen LogP contribution in [0.2, 0.25) is 0 Å². The summed E-state index contributed by atoms with van der Waals surface area (Å²) >= 11 is 6.05. The molecular weight excluding hydrogens is 257 g/mol. The van der Waals surface area contributed by atoms with E-state index < -0.39 is 11.9 Å². The summed E-state index contributed by atoms with van der Waals surface area (Å²) in [6.45, 7) is 0. The van der Waals surface area contributed by atoms with Crippen molar-refractivity contribution in [1.29, 1.82) is 0 Å². The minimum Gasteiger partial charge on any atom is -0.327 e. The largest absolute Gasteiger partial charge is 0.431 e. The molecule has 0 fully saturated rings. The summed E-state index contributed by atoms with van der Waals surface area (Å²) in [6.07, 6.45) is -4.44. The van der Waals surface area contributed by atoms with E-state index in [2.05, 4.69) is 17.2 Å². The van der Waals surface area contributed by atoms with Gasteiger partial charge in [-0.2, -0.15) is 24.5 Å². The Morgan fingerprint density at radius 2 is 2.12 bits per heavy atom. The van der Waals surface area contributed by atoms with Gasteiger partial charge in [0, 0.05) is 10.9 Å². The molecule has 0 saturated heterocycles. The van der Waals surface area contributed by atoms with Crippen LogP contribution in [-0.4, -0.2) is 9.97 Å². The topological polar surface area (TPSA) is 28.7 Å². The molecule has 0 aliphatic heterocycles. The van der Waals surface area contributed by atoms with Gasteiger partial charge in [0.2, 0.25) is 0 Å². The van der Waals surface area contributed by atoms with Crippen LogP contribution >= 0.6 is 23.6 Å². The Balaban J connectivity index is 2.57. The Labute approximate surface area is 97.8 Å². The third-order valence-electron chi connectivity index (χ3n) is 1.87. The number of nitrogens with one attached hydrogen (secondary N) is 1. The summed E-state index contributed by atoms with van der Waals surface area (Å²) in [6, 6.07) is 2.65. The van der Waals surface area contributed by atoms with Crippen LogP contribution in [0.25, 0.3) is 11.3 Å². The van der Waals surface area contributed by atoms with E-state index in [9.17, 15) is 13.2 Å². The van der Waals surface area contributed by atoms with Crippen molar-refractivity contribution in [2.24, 2.45) is 0 Å². The van der Waals surface area contributed by atoms with Crippen LogP contribution in [0.15, 0.2) is 22.9 Å². The van der Waals surface area contributed by atoms with E-state index >= 15 is 0 Å². The minimum atomic E-state index is -4.44. The summed E-state index contributed by atoms with van der Waals surface area (Å²) in [5.41, 5.74) is -0.0124. The second-order valence-corrected chi connectivity index (χ2v) is 4.16. The Morgan fingerprint density at radius 3 is 2.69 bits per heavy atom. The lowest BCUT2D eigenvalue weighted by Crippen LogP contribution is -2.09. The SMILES string of the molecule is FC(F)(F)c1cc(-c2ccsc2)nc(=S)[nH]1. The van der Waals surface area contributed by atoms with E-state index in [0.29, 0.717) is 5.56 Å². The number of thiophene rings is 1. The maximum absolute atomic E-state index is 12.5. The van der Waals surface area contributed by atoms with Crippen LogP contribution < -0.4 is 0 Å². The third kappa shape index (κ3) is 2.30. The van der Waals surface area contributed by atoms with Gasteiger partial charge in [0.25, 0.3) is 0 Å². The molecule has 0 unspecified atom stereocenters. The Kier molecular flexibility index (Phi) is 2.81. The highest BCUT2D eigenvalue weighted by molar-refractivity contribution is 7.71. The van der Waals surface area contributed by atoms with Gasteiger partial charge < -0.3 is 4.98 Å². The van der Waals surface area contributed by atoms with Gasteiger partial charge >= 0.3 is 6.18 Å². The highest BCUT2D eigenvalue weighted by atomic mass is 32.1. The molecule has 0 spiro atoms. The molecule has 2 aromatic rings. The Bertz CT molecular complexity index is 543. The summed E-state index contributed by atoms with van der Waals surface area (Å²) in [4.78, 5) is 5.89. The molecule has 2 nitrogen and oxygen atoms in total. The van der Waals surface area contributed by atoms with Gasteiger partial charge in [0.05, 0.1) is 5.69 Å². The summed E-state index contributed by atoms with van der Waals surface area (Å²) < 4.78 is 37.3. The van der Waals surface area contributed by atoms with Crippen molar-refractivity contribution < 1.29 is 13.2 Å². The van der Waals surface area contributed by atoms with Crippen LogP contribution in [0.4, 0.5) is 13.2 Å². The van der Waals surface area contributed by atoms with Gasteiger partial charge in [-0.25, -0.2) is 4.98 Å². The van der Waals surface area contributed by atoms with Crippen LogP contribution in [0.3, 0.4) is 0 Å². The van der Waals surface area contributed by atoms with Crippen molar-refractivity contribution >= 4 is 23.6 Å². The monoisotopic (exact) mass is 262 g/mol. The molecule has 0 radical (unpaired) electrons. The van der Waals surface area contributed by atoms with Crippen molar-refractivity contribution in [3.05, 3.63) is 33.4 Å². The van der Waals surface area contributed by atoms with Crippen LogP contribution in [-0.2, 0) is 6.18 Å². The van der Waals surface area contributed by atoms with E-state index in [0.717, 1.165) is 6.07 Å². The summed E-state index contributed by atoms with van der Waals surface area (Å²) in [5, 5.41) is 3.49. The van der Waals surface area contributed by atoms with Crippen LogP contribution in [0, 0.1) is 4.77 Å². The van der Waals surface area contributed by atoms with Crippen molar-refractivity contribution in [1.82, 2.24) is 9.97 Å². The second kappa shape index (κ2) is 3.99. The maximum atomic E-state index is 12.5. The predicted octanol–water partition coefficient (Wildman–Crippen LogP) is 3.89. The van der Waals surface area contributed by atoms with E-state index in [1.807, 2.05) is 4.98 Å².